The van der Waals surface area contributed by atoms with Crippen molar-refractivity contribution in [2.75, 3.05) is 19.6 Å². The molecule has 4 rings (SSSR count). The second-order valence-corrected chi connectivity index (χ2v) is 7.42. The summed E-state index contributed by atoms with van der Waals surface area (Å²) in [6.07, 6.45) is 2.20. The Labute approximate surface area is 151 Å². The van der Waals surface area contributed by atoms with Gasteiger partial charge in [-0.05, 0) is 54.6 Å². The highest BCUT2D eigenvalue weighted by molar-refractivity contribution is 6.10. The minimum absolute atomic E-state index is 0.107. The van der Waals surface area contributed by atoms with Crippen molar-refractivity contribution in [1.82, 2.24) is 10.2 Å². The number of phenols is 1. The van der Waals surface area contributed by atoms with E-state index in [9.17, 15) is 19.8 Å². The molecule has 6 nitrogen and oxygen atoms in total. The van der Waals surface area contributed by atoms with Crippen LogP contribution in [0.5, 0.6) is 5.75 Å². The molecule has 2 aliphatic heterocycles. The molecule has 136 valence electrons. The van der Waals surface area contributed by atoms with Crippen molar-refractivity contribution in [3.63, 3.8) is 0 Å². The SMILES string of the molecule is O=C(O)C1CC2(CCNCC2)CN1C(=O)c1c(O)ccc2ccccc12. The van der Waals surface area contributed by atoms with Gasteiger partial charge in [-0.3, -0.25) is 4.79 Å². The van der Waals surface area contributed by atoms with Gasteiger partial charge in [-0.1, -0.05) is 30.3 Å². The first-order valence-corrected chi connectivity index (χ1v) is 8.96. The van der Waals surface area contributed by atoms with Crippen LogP contribution in [-0.4, -0.2) is 52.7 Å². The molecule has 2 aromatic rings. The number of carbonyl (C=O) groups is 2. The number of hydrogen-bond donors (Lipinski definition) is 3. The normalized spacial score (nSPS) is 22.0. The Hall–Kier alpha value is -2.60. The number of amides is 1. The molecule has 0 bridgehead atoms. The van der Waals surface area contributed by atoms with Crippen LogP contribution in [0.2, 0.25) is 0 Å². The van der Waals surface area contributed by atoms with E-state index < -0.39 is 17.9 Å². The highest BCUT2D eigenvalue weighted by Gasteiger charge is 2.49. The summed E-state index contributed by atoms with van der Waals surface area (Å²) >= 11 is 0. The van der Waals surface area contributed by atoms with Crippen LogP contribution in [0, 0.1) is 5.41 Å². The number of carboxylic acids is 1. The number of carboxylic acid groups (broad SMARTS) is 1. The summed E-state index contributed by atoms with van der Waals surface area (Å²) in [7, 11) is 0. The van der Waals surface area contributed by atoms with E-state index in [0.717, 1.165) is 31.3 Å². The van der Waals surface area contributed by atoms with Gasteiger partial charge in [-0.25, -0.2) is 4.79 Å². The van der Waals surface area contributed by atoms with E-state index in [-0.39, 0.29) is 16.7 Å². The third-order valence-corrected chi connectivity index (χ3v) is 5.84. The highest BCUT2D eigenvalue weighted by Crippen LogP contribution is 2.43. The van der Waals surface area contributed by atoms with Gasteiger partial charge in [0.2, 0.25) is 0 Å². The third-order valence-electron chi connectivity index (χ3n) is 5.84. The summed E-state index contributed by atoms with van der Waals surface area (Å²) in [4.78, 5) is 26.6. The first-order chi connectivity index (χ1) is 12.5. The number of nitrogens with one attached hydrogen (secondary N) is 1. The fourth-order valence-electron chi connectivity index (χ4n) is 4.44. The second kappa shape index (κ2) is 6.29. The summed E-state index contributed by atoms with van der Waals surface area (Å²) in [6.45, 7) is 2.11. The number of benzene rings is 2. The number of likely N-dealkylation sites (tertiary alicyclic amines) is 1. The zero-order valence-electron chi connectivity index (χ0n) is 14.4. The van der Waals surface area contributed by atoms with E-state index in [1.807, 2.05) is 18.2 Å². The van der Waals surface area contributed by atoms with E-state index >= 15 is 0 Å². The lowest BCUT2D eigenvalue weighted by molar-refractivity contribution is -0.141. The zero-order valence-corrected chi connectivity index (χ0v) is 14.4. The number of phenolic OH excluding ortho intramolecular Hbond substituents is 1. The monoisotopic (exact) mass is 354 g/mol. The van der Waals surface area contributed by atoms with Gasteiger partial charge in [0.05, 0.1) is 5.56 Å². The largest absolute Gasteiger partial charge is 0.507 e. The smallest absolute Gasteiger partial charge is 0.326 e. The number of rotatable bonds is 2. The van der Waals surface area contributed by atoms with E-state index in [1.165, 1.54) is 11.0 Å². The average Bonchev–Trinajstić information content (AvgIpc) is 3.01. The van der Waals surface area contributed by atoms with Crippen LogP contribution in [0.15, 0.2) is 36.4 Å². The molecule has 1 amide bonds. The predicted molar refractivity (Wildman–Crippen MR) is 97.2 cm³/mol. The van der Waals surface area contributed by atoms with Crippen LogP contribution < -0.4 is 5.32 Å². The molecule has 0 aromatic heterocycles. The number of carbonyl (C=O) groups excluding carboxylic acids is 1. The van der Waals surface area contributed by atoms with Crippen LogP contribution in [-0.2, 0) is 4.79 Å². The zero-order chi connectivity index (χ0) is 18.3. The number of aromatic hydroxyl groups is 1. The molecule has 6 heteroatoms. The Morgan fingerprint density at radius 2 is 1.85 bits per heavy atom. The van der Waals surface area contributed by atoms with Gasteiger partial charge in [0.25, 0.3) is 5.91 Å². The number of nitrogens with zero attached hydrogens (tertiary/aromatic N) is 1. The lowest BCUT2D eigenvalue weighted by Crippen LogP contribution is -2.42. The van der Waals surface area contributed by atoms with E-state index in [2.05, 4.69) is 5.32 Å². The molecule has 2 heterocycles. The van der Waals surface area contributed by atoms with Crippen molar-refractivity contribution in [1.29, 1.82) is 0 Å². The van der Waals surface area contributed by atoms with Gasteiger partial charge in [-0.2, -0.15) is 0 Å². The Bertz CT molecular complexity index is 873. The molecule has 1 spiro atoms. The topological polar surface area (TPSA) is 89.9 Å². The van der Waals surface area contributed by atoms with Gasteiger partial charge < -0.3 is 20.4 Å². The van der Waals surface area contributed by atoms with Gasteiger partial charge in [0.1, 0.15) is 11.8 Å². The molecule has 1 atom stereocenters. The average molecular weight is 354 g/mol. The van der Waals surface area contributed by atoms with Crippen molar-refractivity contribution in [2.24, 2.45) is 5.41 Å². The Kier molecular flexibility index (Phi) is 4.07. The minimum atomic E-state index is -0.978. The van der Waals surface area contributed by atoms with Gasteiger partial charge >= 0.3 is 5.97 Å². The van der Waals surface area contributed by atoms with E-state index in [4.69, 9.17) is 0 Å². The van der Waals surface area contributed by atoms with Gasteiger partial charge in [-0.15, -0.1) is 0 Å². The fraction of sp³-hybridized carbons (Fsp3) is 0.400. The predicted octanol–water partition coefficient (Wildman–Crippen LogP) is 2.21. The number of fused-ring (bicyclic) bond motifs is 1. The van der Waals surface area contributed by atoms with Crippen LogP contribution >= 0.6 is 0 Å². The van der Waals surface area contributed by atoms with Gasteiger partial charge in [0.15, 0.2) is 0 Å². The standard InChI is InChI=1S/C20H22N2O4/c23-16-6-5-13-3-1-2-4-14(13)17(16)18(24)22-12-20(7-9-21-10-8-20)11-15(22)19(25)26/h1-6,15,21,23H,7-12H2,(H,25,26). The fourth-order valence-corrected chi connectivity index (χ4v) is 4.44. The summed E-state index contributed by atoms with van der Waals surface area (Å²) in [5.41, 5.74) is 0.0461. The summed E-state index contributed by atoms with van der Waals surface area (Å²) in [6, 6.07) is 9.75. The first-order valence-electron chi connectivity index (χ1n) is 8.96. The highest BCUT2D eigenvalue weighted by atomic mass is 16.4. The van der Waals surface area contributed by atoms with Crippen molar-refractivity contribution in [3.8, 4) is 5.75 Å². The summed E-state index contributed by atoms with van der Waals surface area (Å²) in [5.74, 6) is -1.49. The summed E-state index contributed by atoms with van der Waals surface area (Å²) in [5, 5.41) is 24.9. The van der Waals surface area contributed by atoms with Crippen molar-refractivity contribution in [2.45, 2.75) is 25.3 Å². The molecular weight excluding hydrogens is 332 g/mol. The minimum Gasteiger partial charge on any atom is -0.507 e. The van der Waals surface area contributed by atoms with Crippen LogP contribution in [0.4, 0.5) is 0 Å². The molecule has 2 aliphatic rings. The maximum Gasteiger partial charge on any atom is 0.326 e. The maximum atomic E-state index is 13.3. The lowest BCUT2D eigenvalue weighted by Gasteiger charge is -2.33. The first kappa shape index (κ1) is 16.8. The molecule has 0 aliphatic carbocycles. The molecule has 2 fully saturated rings. The maximum absolute atomic E-state index is 13.3. The Morgan fingerprint density at radius 3 is 2.58 bits per heavy atom. The molecule has 1 unspecified atom stereocenters. The van der Waals surface area contributed by atoms with Gasteiger partial charge in [0, 0.05) is 6.54 Å². The molecular formula is C20H22N2O4. The molecule has 3 N–H and O–H groups in total. The number of piperidine rings is 1. The van der Waals surface area contributed by atoms with Crippen molar-refractivity contribution in [3.05, 3.63) is 42.0 Å². The third kappa shape index (κ3) is 2.70. The van der Waals surface area contributed by atoms with E-state index in [0.29, 0.717) is 18.4 Å². The van der Waals surface area contributed by atoms with Crippen LogP contribution in [0.1, 0.15) is 29.6 Å². The Morgan fingerprint density at radius 1 is 1.12 bits per heavy atom. The van der Waals surface area contributed by atoms with E-state index in [1.54, 1.807) is 12.1 Å². The molecule has 2 aromatic carbocycles. The Balaban J connectivity index is 1.75. The summed E-state index contributed by atoms with van der Waals surface area (Å²) < 4.78 is 0. The molecule has 0 saturated carbocycles. The lowest BCUT2D eigenvalue weighted by atomic mass is 9.77. The number of aliphatic carboxylic acids is 1. The second-order valence-electron chi connectivity index (χ2n) is 7.42. The quantitative estimate of drug-likeness (QED) is 0.769. The van der Waals surface area contributed by atoms with Crippen molar-refractivity contribution < 1.29 is 19.8 Å². The van der Waals surface area contributed by atoms with Crippen LogP contribution in [0.25, 0.3) is 10.8 Å². The van der Waals surface area contributed by atoms with Crippen LogP contribution in [0.3, 0.4) is 0 Å². The number of hydrogen-bond acceptors (Lipinski definition) is 4. The molecule has 26 heavy (non-hydrogen) atoms. The van der Waals surface area contributed by atoms with Crippen molar-refractivity contribution >= 4 is 22.6 Å². The molecule has 0 radical (unpaired) electrons. The molecule has 2 saturated heterocycles.